The van der Waals surface area contributed by atoms with Crippen LogP contribution in [0.1, 0.15) is 25.1 Å². The lowest BCUT2D eigenvalue weighted by atomic mass is 10.1. The Kier molecular flexibility index (Phi) is 3.10. The lowest BCUT2D eigenvalue weighted by molar-refractivity contribution is 0.635. The highest BCUT2D eigenvalue weighted by molar-refractivity contribution is 5.62. The van der Waals surface area contributed by atoms with Crippen LogP contribution < -0.4 is 10.6 Å². The van der Waals surface area contributed by atoms with Crippen molar-refractivity contribution in [3.8, 4) is 0 Å². The molecule has 0 amide bonds. The fourth-order valence-electron chi connectivity index (χ4n) is 2.40. The van der Waals surface area contributed by atoms with Gasteiger partial charge >= 0.3 is 0 Å². The molecule has 1 saturated heterocycles. The van der Waals surface area contributed by atoms with Gasteiger partial charge in [-0.1, -0.05) is 0 Å². The van der Waals surface area contributed by atoms with E-state index in [4.69, 9.17) is 0 Å². The second-order valence-electron chi connectivity index (χ2n) is 4.74. The molecule has 1 fully saturated rings. The van der Waals surface area contributed by atoms with Crippen molar-refractivity contribution in [1.82, 2.24) is 24.9 Å². The summed E-state index contributed by atoms with van der Waals surface area (Å²) in [5, 5.41) is 15.2. The van der Waals surface area contributed by atoms with Gasteiger partial charge in [-0.3, -0.25) is 4.40 Å². The minimum atomic E-state index is 0.468. The number of nitrogens with one attached hydrogen (secondary N) is 2. The van der Waals surface area contributed by atoms with Crippen molar-refractivity contribution in [2.24, 2.45) is 0 Å². The Morgan fingerprint density at radius 3 is 3.22 bits per heavy atom. The largest absolute Gasteiger partial charge is 0.364 e. The van der Waals surface area contributed by atoms with E-state index >= 15 is 0 Å². The van der Waals surface area contributed by atoms with E-state index in [1.54, 1.807) is 6.20 Å². The summed E-state index contributed by atoms with van der Waals surface area (Å²) in [6, 6.07) is 0.468. The summed E-state index contributed by atoms with van der Waals surface area (Å²) in [6.07, 6.45) is 7.18. The number of anilines is 1. The van der Waals surface area contributed by atoms with E-state index in [9.17, 15) is 0 Å². The third-order valence-electron chi connectivity index (χ3n) is 3.41. The first-order chi connectivity index (χ1) is 8.84. The lowest BCUT2D eigenvalue weighted by Gasteiger charge is -2.16. The van der Waals surface area contributed by atoms with E-state index < -0.39 is 0 Å². The van der Waals surface area contributed by atoms with Crippen LogP contribution in [0.4, 0.5) is 5.82 Å². The molecule has 0 radical (unpaired) electrons. The van der Waals surface area contributed by atoms with Gasteiger partial charge in [-0.25, -0.2) is 4.98 Å². The van der Waals surface area contributed by atoms with Crippen molar-refractivity contribution < 1.29 is 0 Å². The first kappa shape index (κ1) is 11.4. The molecule has 18 heavy (non-hydrogen) atoms. The van der Waals surface area contributed by atoms with E-state index in [1.807, 2.05) is 17.5 Å². The highest BCUT2D eigenvalue weighted by Crippen LogP contribution is 2.16. The molecule has 6 nitrogen and oxygen atoms in total. The maximum atomic E-state index is 4.39. The first-order valence-electron chi connectivity index (χ1n) is 6.48. The second kappa shape index (κ2) is 4.89. The van der Waals surface area contributed by atoms with E-state index in [-0.39, 0.29) is 0 Å². The Morgan fingerprint density at radius 2 is 2.28 bits per heavy atom. The van der Waals surface area contributed by atoms with Gasteiger partial charge in [0.25, 0.3) is 0 Å². The molecule has 0 bridgehead atoms. The van der Waals surface area contributed by atoms with Gasteiger partial charge in [-0.05, 0) is 39.3 Å². The van der Waals surface area contributed by atoms with Crippen LogP contribution in [0.5, 0.6) is 0 Å². The van der Waals surface area contributed by atoms with Gasteiger partial charge < -0.3 is 10.6 Å². The molecule has 0 aliphatic carbocycles. The van der Waals surface area contributed by atoms with E-state index in [1.165, 1.54) is 12.8 Å². The van der Waals surface area contributed by atoms with Crippen LogP contribution in [0.15, 0.2) is 12.4 Å². The average Bonchev–Trinajstić information content (AvgIpc) is 2.62. The minimum Gasteiger partial charge on any atom is -0.364 e. The number of aryl methyl sites for hydroxylation is 1. The SMILES string of the molecule is Cc1nnc2c(NC3CCCNCC3)nccn12. The summed E-state index contributed by atoms with van der Waals surface area (Å²) >= 11 is 0. The summed E-state index contributed by atoms with van der Waals surface area (Å²) in [7, 11) is 0. The Morgan fingerprint density at radius 1 is 1.33 bits per heavy atom. The number of fused-ring (bicyclic) bond motifs is 1. The fourth-order valence-corrected chi connectivity index (χ4v) is 2.40. The molecule has 2 N–H and O–H groups in total. The Bertz CT molecular complexity index is 526. The van der Waals surface area contributed by atoms with E-state index in [0.717, 1.165) is 36.8 Å². The third kappa shape index (κ3) is 2.15. The topological polar surface area (TPSA) is 67.1 Å². The van der Waals surface area contributed by atoms with Gasteiger partial charge in [-0.15, -0.1) is 10.2 Å². The fraction of sp³-hybridized carbons (Fsp3) is 0.583. The average molecular weight is 246 g/mol. The number of rotatable bonds is 2. The summed E-state index contributed by atoms with van der Waals surface area (Å²) in [4.78, 5) is 4.39. The van der Waals surface area contributed by atoms with Crippen molar-refractivity contribution in [2.75, 3.05) is 18.4 Å². The molecule has 2 aromatic rings. The van der Waals surface area contributed by atoms with Crippen LogP contribution in [0, 0.1) is 6.92 Å². The summed E-state index contributed by atoms with van der Waals surface area (Å²) in [5.41, 5.74) is 0.812. The Hall–Kier alpha value is -1.69. The smallest absolute Gasteiger partial charge is 0.203 e. The van der Waals surface area contributed by atoms with Gasteiger partial charge in [0.05, 0.1) is 0 Å². The van der Waals surface area contributed by atoms with Crippen LogP contribution in [-0.4, -0.2) is 38.7 Å². The highest BCUT2D eigenvalue weighted by Gasteiger charge is 2.15. The molecule has 3 rings (SSSR count). The number of nitrogens with zero attached hydrogens (tertiary/aromatic N) is 4. The van der Waals surface area contributed by atoms with Gasteiger partial charge in [0.15, 0.2) is 5.82 Å². The van der Waals surface area contributed by atoms with Crippen molar-refractivity contribution in [3.63, 3.8) is 0 Å². The monoisotopic (exact) mass is 246 g/mol. The molecule has 0 aromatic carbocycles. The lowest BCUT2D eigenvalue weighted by Crippen LogP contribution is -2.22. The molecule has 2 aromatic heterocycles. The first-order valence-corrected chi connectivity index (χ1v) is 6.48. The van der Waals surface area contributed by atoms with Crippen LogP contribution in [-0.2, 0) is 0 Å². The molecule has 3 heterocycles. The minimum absolute atomic E-state index is 0.468. The molecule has 1 aliphatic rings. The number of hydrogen-bond acceptors (Lipinski definition) is 5. The summed E-state index contributed by atoms with van der Waals surface area (Å²) in [6.45, 7) is 4.12. The van der Waals surface area contributed by atoms with Gasteiger partial charge in [0.2, 0.25) is 5.65 Å². The van der Waals surface area contributed by atoms with E-state index in [2.05, 4.69) is 25.8 Å². The molecule has 1 unspecified atom stereocenters. The van der Waals surface area contributed by atoms with Crippen LogP contribution >= 0.6 is 0 Å². The second-order valence-corrected chi connectivity index (χ2v) is 4.74. The maximum Gasteiger partial charge on any atom is 0.203 e. The molecular weight excluding hydrogens is 228 g/mol. The predicted octanol–water partition coefficient (Wildman–Crippen LogP) is 0.987. The number of aromatic nitrogens is 4. The van der Waals surface area contributed by atoms with E-state index in [0.29, 0.717) is 6.04 Å². The standard InChI is InChI=1S/C12H18N6/c1-9-16-17-12-11(14-7-8-18(9)12)15-10-3-2-5-13-6-4-10/h7-8,10,13H,2-6H2,1H3,(H,14,15). The van der Waals surface area contributed by atoms with Crippen molar-refractivity contribution in [2.45, 2.75) is 32.2 Å². The Labute approximate surface area is 106 Å². The molecular formula is C12H18N6. The zero-order valence-electron chi connectivity index (χ0n) is 10.6. The molecule has 1 atom stereocenters. The van der Waals surface area contributed by atoms with Gasteiger partial charge in [0, 0.05) is 18.4 Å². The predicted molar refractivity (Wildman–Crippen MR) is 69.7 cm³/mol. The van der Waals surface area contributed by atoms with Crippen LogP contribution in [0.25, 0.3) is 5.65 Å². The molecule has 0 spiro atoms. The summed E-state index contributed by atoms with van der Waals surface area (Å²) in [5.74, 6) is 1.72. The Balaban J connectivity index is 1.85. The molecule has 1 aliphatic heterocycles. The zero-order chi connectivity index (χ0) is 12.4. The maximum absolute atomic E-state index is 4.39. The zero-order valence-corrected chi connectivity index (χ0v) is 10.6. The third-order valence-corrected chi connectivity index (χ3v) is 3.41. The van der Waals surface area contributed by atoms with Gasteiger partial charge in [-0.2, -0.15) is 0 Å². The highest BCUT2D eigenvalue weighted by atomic mass is 15.3. The molecule has 6 heteroatoms. The van der Waals surface area contributed by atoms with Crippen molar-refractivity contribution in [1.29, 1.82) is 0 Å². The molecule has 0 saturated carbocycles. The quantitative estimate of drug-likeness (QED) is 0.827. The molecule has 96 valence electrons. The normalized spacial score (nSPS) is 20.8. The van der Waals surface area contributed by atoms with Crippen molar-refractivity contribution in [3.05, 3.63) is 18.2 Å². The van der Waals surface area contributed by atoms with Gasteiger partial charge in [0.1, 0.15) is 5.82 Å². The number of hydrogen-bond donors (Lipinski definition) is 2. The van der Waals surface area contributed by atoms with Crippen molar-refractivity contribution >= 4 is 11.5 Å². The van der Waals surface area contributed by atoms with Crippen LogP contribution in [0.2, 0.25) is 0 Å². The summed E-state index contributed by atoms with van der Waals surface area (Å²) < 4.78 is 1.96. The van der Waals surface area contributed by atoms with Crippen LogP contribution in [0.3, 0.4) is 0 Å².